The molecule has 0 bridgehead atoms. The molecule has 33 heavy (non-hydrogen) atoms. The maximum atomic E-state index is 12.9. The van der Waals surface area contributed by atoms with Gasteiger partial charge >= 0.3 is 0 Å². The first-order chi connectivity index (χ1) is 16.0. The average Bonchev–Trinajstić information content (AvgIpc) is 3.13. The number of benzene rings is 2. The Bertz CT molecular complexity index is 1070. The van der Waals surface area contributed by atoms with Crippen LogP contribution in [0.5, 0.6) is 5.75 Å². The summed E-state index contributed by atoms with van der Waals surface area (Å²) < 4.78 is 5.70. The molecule has 5 heteroatoms. The molecule has 1 aliphatic heterocycles. The van der Waals surface area contributed by atoms with Crippen molar-refractivity contribution in [3.8, 4) is 5.75 Å². The van der Waals surface area contributed by atoms with Crippen LogP contribution in [0.25, 0.3) is 0 Å². The van der Waals surface area contributed by atoms with Gasteiger partial charge in [-0.05, 0) is 68.0 Å². The zero-order valence-electron chi connectivity index (χ0n) is 20.1. The third-order valence-electron chi connectivity index (χ3n) is 6.21. The predicted octanol–water partition coefficient (Wildman–Crippen LogP) is 5.67. The van der Waals surface area contributed by atoms with Crippen molar-refractivity contribution in [2.75, 3.05) is 13.1 Å². The van der Waals surface area contributed by atoms with Crippen molar-refractivity contribution < 1.29 is 9.53 Å². The molecule has 0 fully saturated rings. The highest BCUT2D eigenvalue weighted by atomic mass is 32.1. The van der Waals surface area contributed by atoms with Crippen LogP contribution in [0.3, 0.4) is 0 Å². The lowest BCUT2D eigenvalue weighted by molar-refractivity contribution is -0.122. The molecule has 174 valence electrons. The lowest BCUT2D eigenvalue weighted by Crippen LogP contribution is -2.42. The number of carbonyl (C=O) groups is 1. The molecule has 1 amide bonds. The van der Waals surface area contributed by atoms with Crippen LogP contribution in [0.15, 0.2) is 54.6 Å². The summed E-state index contributed by atoms with van der Waals surface area (Å²) in [5, 5.41) is 3.11. The molecule has 1 N–H and O–H groups in total. The summed E-state index contributed by atoms with van der Waals surface area (Å²) in [5.74, 6) is 0.915. The topological polar surface area (TPSA) is 41.6 Å². The minimum Gasteiger partial charge on any atom is -0.491 e. The maximum Gasteiger partial charge on any atom is 0.234 e. The van der Waals surface area contributed by atoms with Gasteiger partial charge in [-0.3, -0.25) is 9.69 Å². The fourth-order valence-corrected chi connectivity index (χ4v) is 6.19. The van der Waals surface area contributed by atoms with E-state index >= 15 is 0 Å². The Kier molecular flexibility index (Phi) is 7.51. The van der Waals surface area contributed by atoms with Gasteiger partial charge in [0.1, 0.15) is 5.75 Å². The predicted molar refractivity (Wildman–Crippen MR) is 136 cm³/mol. The van der Waals surface area contributed by atoms with Crippen molar-refractivity contribution in [1.29, 1.82) is 0 Å². The molecule has 0 radical (unpaired) electrons. The number of nitrogens with zero attached hydrogens (tertiary/aromatic N) is 1. The van der Waals surface area contributed by atoms with Crippen LogP contribution in [0.1, 0.15) is 58.8 Å². The molecule has 2 heterocycles. The number of hydrogen-bond acceptors (Lipinski definition) is 4. The highest BCUT2D eigenvalue weighted by molar-refractivity contribution is 7.12. The molecule has 0 spiro atoms. The summed E-state index contributed by atoms with van der Waals surface area (Å²) in [6.07, 6.45) is 2.23. The molecule has 0 saturated carbocycles. The fourth-order valence-electron chi connectivity index (χ4n) is 4.72. The quantitative estimate of drug-likeness (QED) is 0.469. The lowest BCUT2D eigenvalue weighted by atomic mass is 9.91. The number of hydrogen-bond donors (Lipinski definition) is 1. The molecule has 1 aromatic heterocycles. The van der Waals surface area contributed by atoms with Gasteiger partial charge in [-0.1, -0.05) is 49.4 Å². The van der Waals surface area contributed by atoms with E-state index in [1.807, 2.05) is 49.4 Å². The molecule has 1 aliphatic rings. The minimum absolute atomic E-state index is 0.0610. The smallest absolute Gasteiger partial charge is 0.234 e. The zero-order chi connectivity index (χ0) is 23.4. The Morgan fingerprint density at radius 3 is 2.55 bits per heavy atom. The first-order valence-corrected chi connectivity index (χ1v) is 12.7. The summed E-state index contributed by atoms with van der Waals surface area (Å²) in [4.78, 5) is 18.1. The van der Waals surface area contributed by atoms with Gasteiger partial charge < -0.3 is 10.1 Å². The van der Waals surface area contributed by atoms with Crippen molar-refractivity contribution in [1.82, 2.24) is 10.2 Å². The first kappa shape index (κ1) is 23.5. The van der Waals surface area contributed by atoms with Gasteiger partial charge in [0.05, 0.1) is 18.7 Å². The van der Waals surface area contributed by atoms with Gasteiger partial charge in [-0.15, -0.1) is 11.3 Å². The number of carbonyl (C=O) groups excluding carboxylic acids is 1. The van der Waals surface area contributed by atoms with Crippen LogP contribution >= 0.6 is 11.3 Å². The Hall–Kier alpha value is -2.63. The molecule has 4 rings (SSSR count). The fraction of sp³-hybridized carbons (Fsp3) is 0.393. The van der Waals surface area contributed by atoms with E-state index in [-0.39, 0.29) is 18.1 Å². The van der Waals surface area contributed by atoms with Crippen LogP contribution < -0.4 is 10.1 Å². The van der Waals surface area contributed by atoms with Crippen molar-refractivity contribution in [2.24, 2.45) is 0 Å². The number of thiophene rings is 1. The van der Waals surface area contributed by atoms with E-state index in [1.165, 1.54) is 26.4 Å². The summed E-state index contributed by atoms with van der Waals surface area (Å²) >= 11 is 1.91. The molecule has 2 aromatic carbocycles. The summed E-state index contributed by atoms with van der Waals surface area (Å²) in [6, 6.07) is 18.7. The summed E-state index contributed by atoms with van der Waals surface area (Å²) in [5.41, 5.74) is 5.34. The van der Waals surface area contributed by atoms with Crippen LogP contribution in [0, 0.1) is 6.92 Å². The molecule has 0 saturated heterocycles. The second-order valence-corrected chi connectivity index (χ2v) is 10.2. The van der Waals surface area contributed by atoms with E-state index in [2.05, 4.69) is 54.4 Å². The van der Waals surface area contributed by atoms with Crippen LogP contribution in [-0.4, -0.2) is 30.0 Å². The first-order valence-electron chi connectivity index (χ1n) is 11.9. The second-order valence-electron chi connectivity index (χ2n) is 8.95. The molecule has 3 aromatic rings. The molecule has 0 aliphatic carbocycles. The van der Waals surface area contributed by atoms with Crippen molar-refractivity contribution in [3.05, 3.63) is 86.6 Å². The van der Waals surface area contributed by atoms with E-state index in [4.69, 9.17) is 4.74 Å². The van der Waals surface area contributed by atoms with Crippen molar-refractivity contribution in [3.63, 3.8) is 0 Å². The van der Waals surface area contributed by atoms with Gasteiger partial charge in [-0.2, -0.15) is 0 Å². The van der Waals surface area contributed by atoms with E-state index in [0.29, 0.717) is 13.1 Å². The number of ether oxygens (including phenoxy) is 1. The monoisotopic (exact) mass is 462 g/mol. The average molecular weight is 463 g/mol. The highest BCUT2D eigenvalue weighted by Gasteiger charge is 2.33. The number of fused-ring (bicyclic) bond motifs is 1. The minimum atomic E-state index is 0.0610. The van der Waals surface area contributed by atoms with Gasteiger partial charge in [-0.25, -0.2) is 0 Å². The van der Waals surface area contributed by atoms with Crippen LogP contribution in [-0.2, 0) is 24.2 Å². The zero-order valence-corrected chi connectivity index (χ0v) is 20.9. The molecular formula is C28H34N2O2S. The van der Waals surface area contributed by atoms with Gasteiger partial charge in [0.25, 0.3) is 0 Å². The van der Waals surface area contributed by atoms with Crippen LogP contribution in [0.2, 0.25) is 0 Å². The Balaban J connectivity index is 1.46. The molecule has 1 unspecified atom stereocenters. The van der Waals surface area contributed by atoms with Crippen LogP contribution in [0.4, 0.5) is 0 Å². The van der Waals surface area contributed by atoms with E-state index in [0.717, 1.165) is 30.7 Å². The Labute approximate surface area is 201 Å². The number of aryl methyl sites for hydroxylation is 1. The largest absolute Gasteiger partial charge is 0.491 e. The van der Waals surface area contributed by atoms with E-state index in [9.17, 15) is 4.79 Å². The van der Waals surface area contributed by atoms with Gasteiger partial charge in [0.2, 0.25) is 5.91 Å². The SMILES string of the molecule is CCc1c(C)sc2c1CCN(CC(=O)NCc1ccc(OC(C)C)cc1)C2c1ccccc1. The second kappa shape index (κ2) is 10.5. The van der Waals surface area contributed by atoms with Crippen molar-refractivity contribution in [2.45, 2.75) is 59.2 Å². The number of amides is 1. The molecule has 1 atom stereocenters. The normalized spacial score (nSPS) is 16.0. The van der Waals surface area contributed by atoms with Crippen molar-refractivity contribution >= 4 is 17.2 Å². The summed E-state index contributed by atoms with van der Waals surface area (Å²) in [6.45, 7) is 10.3. The summed E-state index contributed by atoms with van der Waals surface area (Å²) in [7, 11) is 0. The Morgan fingerprint density at radius 2 is 1.88 bits per heavy atom. The third-order valence-corrected chi connectivity index (χ3v) is 7.45. The van der Waals surface area contributed by atoms with Gasteiger partial charge in [0.15, 0.2) is 0 Å². The highest BCUT2D eigenvalue weighted by Crippen LogP contribution is 2.42. The molecule has 4 nitrogen and oxygen atoms in total. The van der Waals surface area contributed by atoms with E-state index in [1.54, 1.807) is 0 Å². The number of rotatable bonds is 8. The maximum absolute atomic E-state index is 12.9. The van der Waals surface area contributed by atoms with E-state index < -0.39 is 0 Å². The number of nitrogens with one attached hydrogen (secondary N) is 1. The lowest BCUT2D eigenvalue weighted by Gasteiger charge is -2.36. The third kappa shape index (κ3) is 5.48. The standard InChI is InChI=1S/C28H34N2O2S/c1-5-24-20(4)33-28-25(24)15-16-30(27(28)22-9-7-6-8-10-22)18-26(31)29-17-21-11-13-23(14-12-21)32-19(2)3/h6-14,19,27H,5,15-18H2,1-4H3,(H,29,31). The molecular weight excluding hydrogens is 428 g/mol. The van der Waals surface area contributed by atoms with Gasteiger partial charge in [0, 0.05) is 22.8 Å². The Morgan fingerprint density at radius 1 is 1.15 bits per heavy atom.